The SMILES string of the molecule is O=C1NC(c2cc(C(F)(F)F)ncn2)N(N2OC(=O)NC2c2nccc(C(F)(F)F)n2)O1. The highest BCUT2D eigenvalue weighted by atomic mass is 19.4. The van der Waals surface area contributed by atoms with Crippen molar-refractivity contribution in [1.82, 2.24) is 40.9 Å². The van der Waals surface area contributed by atoms with Gasteiger partial charge in [-0.2, -0.15) is 26.3 Å². The van der Waals surface area contributed by atoms with E-state index in [9.17, 15) is 35.9 Å². The predicted molar refractivity (Wildman–Crippen MR) is 82.5 cm³/mol. The number of halogens is 6. The first-order valence-electron chi connectivity index (χ1n) is 8.28. The molecule has 2 atom stereocenters. The van der Waals surface area contributed by atoms with Crippen LogP contribution in [0.5, 0.6) is 0 Å². The second-order valence-electron chi connectivity index (χ2n) is 6.08. The van der Waals surface area contributed by atoms with Gasteiger partial charge in [0.05, 0.1) is 5.69 Å². The Morgan fingerprint density at radius 1 is 0.844 bits per heavy atom. The fraction of sp³-hybridized carbons (Fsp3) is 0.286. The molecular formula is C14H8F6N8O4. The zero-order valence-electron chi connectivity index (χ0n) is 15.0. The first kappa shape index (κ1) is 21.4. The van der Waals surface area contributed by atoms with Crippen molar-refractivity contribution >= 4 is 12.2 Å². The van der Waals surface area contributed by atoms with E-state index < -0.39 is 59.8 Å². The minimum Gasteiger partial charge on any atom is -0.330 e. The molecule has 4 heterocycles. The summed E-state index contributed by atoms with van der Waals surface area (Å²) in [4.78, 5) is 46.8. The number of hydrogen-bond donors (Lipinski definition) is 2. The Labute approximate surface area is 172 Å². The number of carbonyl (C=O) groups is 2. The molecule has 0 aromatic carbocycles. The van der Waals surface area contributed by atoms with Crippen LogP contribution in [-0.4, -0.2) is 42.5 Å². The highest BCUT2D eigenvalue weighted by Gasteiger charge is 2.49. The van der Waals surface area contributed by atoms with Crippen LogP contribution in [0.3, 0.4) is 0 Å². The molecule has 18 heteroatoms. The van der Waals surface area contributed by atoms with Gasteiger partial charge >= 0.3 is 24.5 Å². The summed E-state index contributed by atoms with van der Waals surface area (Å²) in [7, 11) is 0. The number of hydrazine groups is 1. The molecule has 2 N–H and O–H groups in total. The fourth-order valence-corrected chi connectivity index (χ4v) is 2.66. The first-order valence-corrected chi connectivity index (χ1v) is 8.28. The molecule has 2 amide bonds. The van der Waals surface area contributed by atoms with Crippen LogP contribution in [-0.2, 0) is 22.0 Å². The van der Waals surface area contributed by atoms with E-state index in [0.29, 0.717) is 28.8 Å². The third-order valence-corrected chi connectivity index (χ3v) is 3.97. The average Bonchev–Trinajstić information content (AvgIpc) is 3.29. The molecule has 4 rings (SSSR count). The third-order valence-electron chi connectivity index (χ3n) is 3.97. The van der Waals surface area contributed by atoms with Gasteiger partial charge in [-0.3, -0.25) is 10.6 Å². The van der Waals surface area contributed by atoms with Crippen LogP contribution in [0, 0.1) is 0 Å². The highest BCUT2D eigenvalue weighted by molar-refractivity contribution is 5.70. The van der Waals surface area contributed by atoms with Gasteiger partial charge in [-0.1, -0.05) is 0 Å². The first-order chi connectivity index (χ1) is 14.9. The van der Waals surface area contributed by atoms with Gasteiger partial charge in [0, 0.05) is 6.20 Å². The number of amides is 2. The zero-order valence-corrected chi connectivity index (χ0v) is 15.0. The summed E-state index contributed by atoms with van der Waals surface area (Å²) in [6.07, 6.45) is -14.0. The van der Waals surface area contributed by atoms with Gasteiger partial charge in [-0.15, -0.1) is 0 Å². The van der Waals surface area contributed by atoms with Crippen molar-refractivity contribution in [2.24, 2.45) is 0 Å². The minimum absolute atomic E-state index is 0.440. The van der Waals surface area contributed by atoms with Gasteiger partial charge in [0.2, 0.25) is 0 Å². The van der Waals surface area contributed by atoms with E-state index in [2.05, 4.69) is 30.6 Å². The standard InChI is InChI=1S/C14H8F6N8O4/c15-13(16,17)6-1-2-21-8(24-6)10-26-12(30)32-28(10)27-9(25-11(29)31-27)5-3-7(14(18,19)20)23-4-22-5/h1-4,9-10H,(H,25,29)(H,26,30). The molecular weight excluding hydrogens is 458 g/mol. The van der Waals surface area contributed by atoms with Crippen LogP contribution >= 0.6 is 0 Å². The number of nitrogens with zero attached hydrogens (tertiary/aromatic N) is 6. The molecule has 2 aliphatic rings. The molecule has 2 aromatic rings. The lowest BCUT2D eigenvalue weighted by Crippen LogP contribution is -2.44. The summed E-state index contributed by atoms with van der Waals surface area (Å²) in [5, 5.41) is 5.12. The molecule has 2 aliphatic heterocycles. The van der Waals surface area contributed by atoms with E-state index in [1.165, 1.54) is 0 Å². The molecule has 2 fully saturated rings. The largest absolute Gasteiger partial charge is 0.433 e. The number of hydroxylamine groups is 2. The van der Waals surface area contributed by atoms with Crippen molar-refractivity contribution in [2.75, 3.05) is 0 Å². The van der Waals surface area contributed by atoms with Gasteiger partial charge < -0.3 is 9.68 Å². The van der Waals surface area contributed by atoms with Gasteiger partial charge in [0.25, 0.3) is 0 Å². The quantitative estimate of drug-likeness (QED) is 0.645. The van der Waals surface area contributed by atoms with Gasteiger partial charge in [-0.25, -0.2) is 29.5 Å². The van der Waals surface area contributed by atoms with E-state index >= 15 is 0 Å². The van der Waals surface area contributed by atoms with Gasteiger partial charge in [0.15, 0.2) is 18.2 Å². The minimum atomic E-state index is -4.85. The second-order valence-corrected chi connectivity index (χ2v) is 6.08. The topological polar surface area (TPSA) is 135 Å². The van der Waals surface area contributed by atoms with Gasteiger partial charge in [-0.05, 0) is 22.5 Å². The molecule has 12 nitrogen and oxygen atoms in total. The maximum Gasteiger partial charge on any atom is 0.433 e. The molecule has 170 valence electrons. The van der Waals surface area contributed by atoms with Crippen LogP contribution in [0.2, 0.25) is 0 Å². The summed E-state index contributed by atoms with van der Waals surface area (Å²) in [6, 6.07) is 1.07. The molecule has 2 aromatic heterocycles. The Bertz CT molecular complexity index is 983. The van der Waals surface area contributed by atoms with Crippen molar-refractivity contribution in [3.63, 3.8) is 0 Å². The molecule has 32 heavy (non-hydrogen) atoms. The summed E-state index contributed by atoms with van der Waals surface area (Å²) >= 11 is 0. The van der Waals surface area contributed by atoms with Crippen LogP contribution in [0.25, 0.3) is 0 Å². The number of hydrogen-bond acceptors (Lipinski definition) is 10. The highest BCUT2D eigenvalue weighted by Crippen LogP contribution is 2.35. The van der Waals surface area contributed by atoms with Crippen LogP contribution < -0.4 is 10.6 Å². The van der Waals surface area contributed by atoms with Crippen molar-refractivity contribution in [1.29, 1.82) is 0 Å². The average molecular weight is 466 g/mol. The summed E-state index contributed by atoms with van der Waals surface area (Å²) in [6.45, 7) is 0. The lowest BCUT2D eigenvalue weighted by atomic mass is 10.2. The third kappa shape index (κ3) is 4.04. The summed E-state index contributed by atoms with van der Waals surface area (Å²) < 4.78 is 77.9. The van der Waals surface area contributed by atoms with Crippen LogP contribution in [0.15, 0.2) is 24.7 Å². The Balaban J connectivity index is 1.69. The fourth-order valence-electron chi connectivity index (χ4n) is 2.66. The van der Waals surface area contributed by atoms with Crippen molar-refractivity contribution in [3.05, 3.63) is 47.6 Å². The lowest BCUT2D eigenvalue weighted by molar-refractivity contribution is -0.366. The summed E-state index contributed by atoms with van der Waals surface area (Å²) in [5.41, 5.74) is -3.13. The molecule has 0 saturated carbocycles. The Kier molecular flexibility index (Phi) is 4.96. The zero-order chi connectivity index (χ0) is 23.3. The summed E-state index contributed by atoms with van der Waals surface area (Å²) in [5.74, 6) is -0.619. The Hall–Kier alpha value is -3.80. The predicted octanol–water partition coefficient (Wildman–Crippen LogP) is 1.83. The Morgan fingerprint density at radius 3 is 2.06 bits per heavy atom. The molecule has 0 bridgehead atoms. The van der Waals surface area contributed by atoms with Crippen molar-refractivity contribution in [3.8, 4) is 0 Å². The number of rotatable bonds is 3. The van der Waals surface area contributed by atoms with Crippen molar-refractivity contribution in [2.45, 2.75) is 24.7 Å². The number of alkyl halides is 6. The molecule has 0 aliphatic carbocycles. The van der Waals surface area contributed by atoms with Crippen molar-refractivity contribution < 1.29 is 45.6 Å². The number of carbonyl (C=O) groups excluding carboxylic acids is 2. The van der Waals surface area contributed by atoms with E-state index in [0.717, 1.165) is 6.20 Å². The number of aromatic nitrogens is 4. The molecule has 0 spiro atoms. The van der Waals surface area contributed by atoms with E-state index in [4.69, 9.17) is 9.68 Å². The lowest BCUT2D eigenvalue weighted by Gasteiger charge is -2.28. The van der Waals surface area contributed by atoms with E-state index in [1.54, 1.807) is 0 Å². The van der Waals surface area contributed by atoms with Crippen LogP contribution in [0.1, 0.15) is 35.2 Å². The molecule has 2 saturated heterocycles. The monoisotopic (exact) mass is 466 g/mol. The molecule has 2 unspecified atom stereocenters. The Morgan fingerprint density at radius 2 is 1.44 bits per heavy atom. The maximum absolute atomic E-state index is 13.0. The normalized spacial score (nSPS) is 22.3. The number of nitrogens with one attached hydrogen (secondary N) is 2. The van der Waals surface area contributed by atoms with E-state index in [-0.39, 0.29) is 0 Å². The van der Waals surface area contributed by atoms with E-state index in [1.807, 2.05) is 0 Å². The molecule has 0 radical (unpaired) electrons. The maximum atomic E-state index is 13.0. The van der Waals surface area contributed by atoms with Crippen LogP contribution in [0.4, 0.5) is 35.9 Å². The smallest absolute Gasteiger partial charge is 0.330 e. The van der Waals surface area contributed by atoms with Gasteiger partial charge in [0.1, 0.15) is 17.7 Å². The second kappa shape index (κ2) is 7.41.